The second kappa shape index (κ2) is 9.48. The van der Waals surface area contributed by atoms with Crippen LogP contribution in [0.2, 0.25) is 0 Å². The molecule has 7 heteroatoms. The van der Waals surface area contributed by atoms with E-state index in [1.807, 2.05) is 12.1 Å². The maximum Gasteiger partial charge on any atom is 0.305 e. The fourth-order valence-corrected chi connectivity index (χ4v) is 3.66. The molecule has 1 amide bonds. The molecule has 0 spiro atoms. The van der Waals surface area contributed by atoms with E-state index in [0.29, 0.717) is 43.5 Å². The Kier molecular flexibility index (Phi) is 7.59. The Morgan fingerprint density at radius 2 is 2.15 bits per heavy atom. The summed E-state index contributed by atoms with van der Waals surface area (Å²) in [6.45, 7) is 2.22. The van der Waals surface area contributed by atoms with Crippen LogP contribution < -0.4 is 4.90 Å². The largest absolute Gasteiger partial charge is 0.469 e. The van der Waals surface area contributed by atoms with E-state index in [2.05, 4.69) is 20.7 Å². The Morgan fingerprint density at radius 1 is 1.41 bits per heavy atom. The number of nitrogens with zero attached hydrogens (tertiary/aromatic N) is 1. The Bertz CT molecular complexity index is 720. The van der Waals surface area contributed by atoms with Gasteiger partial charge in [-0.3, -0.25) is 9.59 Å². The molecule has 1 aromatic rings. The number of hydrogen-bond donors (Lipinski definition) is 2. The van der Waals surface area contributed by atoms with E-state index in [1.165, 1.54) is 7.11 Å². The van der Waals surface area contributed by atoms with E-state index in [0.717, 1.165) is 4.47 Å². The zero-order valence-corrected chi connectivity index (χ0v) is 17.2. The highest BCUT2D eigenvalue weighted by atomic mass is 79.9. The van der Waals surface area contributed by atoms with E-state index >= 15 is 0 Å². The molecule has 0 radical (unpaired) electrons. The summed E-state index contributed by atoms with van der Waals surface area (Å²) in [5.41, 5.74) is -0.407. The molecule has 2 atom stereocenters. The second-order valence-corrected chi connectivity index (χ2v) is 7.56. The van der Waals surface area contributed by atoms with E-state index in [4.69, 9.17) is 5.11 Å². The van der Waals surface area contributed by atoms with Crippen molar-refractivity contribution < 1.29 is 24.5 Å². The summed E-state index contributed by atoms with van der Waals surface area (Å²) in [4.78, 5) is 26.0. The third-order valence-electron chi connectivity index (χ3n) is 4.85. The van der Waals surface area contributed by atoms with Gasteiger partial charge in [-0.2, -0.15) is 0 Å². The van der Waals surface area contributed by atoms with Crippen LogP contribution in [-0.4, -0.2) is 42.4 Å². The topological polar surface area (TPSA) is 87.1 Å². The van der Waals surface area contributed by atoms with Crippen LogP contribution in [0.1, 0.15) is 38.2 Å². The van der Waals surface area contributed by atoms with Gasteiger partial charge in [-0.15, -0.1) is 0 Å². The fourth-order valence-electron chi connectivity index (χ4n) is 3.30. The first-order valence-electron chi connectivity index (χ1n) is 9.05. The summed E-state index contributed by atoms with van der Waals surface area (Å²) in [5, 5.41) is 20.3. The van der Waals surface area contributed by atoms with Gasteiger partial charge in [-0.25, -0.2) is 0 Å². The van der Waals surface area contributed by atoms with Gasteiger partial charge in [-0.1, -0.05) is 35.0 Å². The van der Waals surface area contributed by atoms with Gasteiger partial charge in [0.05, 0.1) is 12.8 Å². The minimum Gasteiger partial charge on any atom is -0.469 e. The molecular weight excluding hydrogens is 414 g/mol. The average molecular weight is 440 g/mol. The van der Waals surface area contributed by atoms with E-state index in [1.54, 1.807) is 30.0 Å². The lowest BCUT2D eigenvalue weighted by Crippen LogP contribution is -2.44. The number of ether oxygens (including phenoxy) is 1. The second-order valence-electron chi connectivity index (χ2n) is 6.65. The molecule has 0 unspecified atom stereocenters. The first-order chi connectivity index (χ1) is 12.9. The Labute approximate surface area is 167 Å². The average Bonchev–Trinajstić information content (AvgIpc) is 2.87. The lowest BCUT2D eigenvalue weighted by molar-refractivity contribution is -0.140. The van der Waals surface area contributed by atoms with Crippen LogP contribution in [0.5, 0.6) is 0 Å². The minimum absolute atomic E-state index is 0.0179. The lowest BCUT2D eigenvalue weighted by atomic mass is 9.83. The third-order valence-corrected chi connectivity index (χ3v) is 5.34. The number of aliphatic hydroxyl groups excluding tert-OH is 1. The van der Waals surface area contributed by atoms with Gasteiger partial charge in [0.25, 0.3) is 5.91 Å². The zero-order chi connectivity index (χ0) is 20.0. The summed E-state index contributed by atoms with van der Waals surface area (Å²) in [5.74, 6) is -1.09. The van der Waals surface area contributed by atoms with Gasteiger partial charge in [0.1, 0.15) is 0 Å². The predicted molar refractivity (Wildman–Crippen MR) is 106 cm³/mol. The standard InChI is InChI=1S/C20H26BrNO5/c1-14(7-4-6-12-23)20(26)16-13-15(21)9-10-17(16)22(19(20)25)11-5-3-8-18(24)27-2/h4,7,9-10,13-14,23,26H,3,5-6,8,11-12H2,1-2H3/b7-4+/t14-,20+/m0/s1. The molecule has 6 nitrogen and oxygen atoms in total. The first-order valence-corrected chi connectivity index (χ1v) is 9.84. The molecule has 1 aromatic carbocycles. The molecule has 1 aliphatic heterocycles. The number of hydrogen-bond acceptors (Lipinski definition) is 5. The van der Waals surface area contributed by atoms with E-state index in [-0.39, 0.29) is 18.5 Å². The van der Waals surface area contributed by atoms with Crippen molar-refractivity contribution in [3.05, 3.63) is 40.4 Å². The van der Waals surface area contributed by atoms with Crippen molar-refractivity contribution in [2.75, 3.05) is 25.2 Å². The third kappa shape index (κ3) is 4.59. The van der Waals surface area contributed by atoms with Crippen molar-refractivity contribution in [1.29, 1.82) is 0 Å². The van der Waals surface area contributed by atoms with Crippen LogP contribution in [0.3, 0.4) is 0 Å². The molecule has 27 heavy (non-hydrogen) atoms. The van der Waals surface area contributed by atoms with Crippen molar-refractivity contribution in [2.24, 2.45) is 5.92 Å². The van der Waals surface area contributed by atoms with Crippen LogP contribution in [0.4, 0.5) is 5.69 Å². The first kappa shape index (κ1) is 21.6. The molecule has 0 saturated heterocycles. The van der Waals surface area contributed by atoms with E-state index in [9.17, 15) is 14.7 Å². The number of anilines is 1. The van der Waals surface area contributed by atoms with Gasteiger partial charge in [0.2, 0.25) is 0 Å². The highest BCUT2D eigenvalue weighted by Gasteiger charge is 2.52. The Hall–Kier alpha value is -1.70. The molecule has 148 valence electrons. The van der Waals surface area contributed by atoms with E-state index < -0.39 is 11.5 Å². The van der Waals surface area contributed by atoms with Gasteiger partial charge in [0, 0.05) is 35.5 Å². The van der Waals surface area contributed by atoms with Crippen molar-refractivity contribution >= 4 is 33.5 Å². The Balaban J connectivity index is 2.24. The normalized spacial score (nSPS) is 20.2. The number of benzene rings is 1. The lowest BCUT2D eigenvalue weighted by Gasteiger charge is -2.27. The zero-order valence-electron chi connectivity index (χ0n) is 15.7. The molecule has 0 aromatic heterocycles. The number of methoxy groups -OCH3 is 1. The molecular formula is C20H26BrNO5. The van der Waals surface area contributed by atoms with Crippen molar-refractivity contribution in [2.45, 2.75) is 38.2 Å². The van der Waals surface area contributed by atoms with Crippen molar-refractivity contribution in [3.8, 4) is 0 Å². The van der Waals surface area contributed by atoms with Crippen LogP contribution in [0.25, 0.3) is 0 Å². The summed E-state index contributed by atoms with van der Waals surface area (Å²) >= 11 is 3.41. The van der Waals surface area contributed by atoms with Gasteiger partial charge < -0.3 is 19.8 Å². The Morgan fingerprint density at radius 3 is 2.81 bits per heavy atom. The van der Waals surface area contributed by atoms with Crippen LogP contribution >= 0.6 is 15.9 Å². The van der Waals surface area contributed by atoms with Crippen molar-refractivity contribution in [3.63, 3.8) is 0 Å². The molecule has 1 heterocycles. The molecule has 0 bridgehead atoms. The number of halogens is 1. The predicted octanol–water partition coefficient (Wildman–Crippen LogP) is 2.90. The summed E-state index contributed by atoms with van der Waals surface area (Å²) in [7, 11) is 1.35. The van der Waals surface area contributed by atoms with Crippen LogP contribution in [0.15, 0.2) is 34.8 Å². The van der Waals surface area contributed by atoms with Crippen molar-refractivity contribution in [1.82, 2.24) is 0 Å². The number of rotatable bonds is 9. The number of unbranched alkanes of at least 4 members (excludes halogenated alkanes) is 1. The number of carbonyl (C=O) groups excluding carboxylic acids is 2. The monoisotopic (exact) mass is 439 g/mol. The van der Waals surface area contributed by atoms with Crippen LogP contribution in [0, 0.1) is 5.92 Å². The summed E-state index contributed by atoms with van der Waals surface area (Å²) in [6.07, 6.45) is 5.54. The quantitative estimate of drug-likeness (QED) is 0.350. The highest BCUT2D eigenvalue weighted by Crippen LogP contribution is 2.46. The number of aliphatic hydroxyl groups is 2. The molecule has 0 saturated carbocycles. The smallest absolute Gasteiger partial charge is 0.305 e. The highest BCUT2D eigenvalue weighted by molar-refractivity contribution is 9.10. The maximum absolute atomic E-state index is 13.1. The minimum atomic E-state index is -1.66. The SMILES string of the molecule is COC(=O)CCCCN1C(=O)[C@@](O)([C@@H](C)/C=C/CCO)c2cc(Br)ccc21. The summed E-state index contributed by atoms with van der Waals surface area (Å²) < 4.78 is 5.42. The van der Waals surface area contributed by atoms with Gasteiger partial charge >= 0.3 is 5.97 Å². The number of fused-ring (bicyclic) bond motifs is 1. The van der Waals surface area contributed by atoms with Gasteiger partial charge in [0.15, 0.2) is 5.60 Å². The van der Waals surface area contributed by atoms with Crippen LogP contribution in [-0.2, 0) is 19.9 Å². The molecule has 1 aliphatic rings. The summed E-state index contributed by atoms with van der Waals surface area (Å²) in [6, 6.07) is 5.43. The molecule has 2 rings (SSSR count). The number of esters is 1. The number of amides is 1. The maximum atomic E-state index is 13.1. The molecule has 2 N–H and O–H groups in total. The fraction of sp³-hybridized carbons (Fsp3) is 0.500. The van der Waals surface area contributed by atoms with Gasteiger partial charge in [-0.05, 0) is 37.5 Å². The number of carbonyl (C=O) groups is 2. The molecule has 0 fully saturated rings. The molecule has 0 aliphatic carbocycles.